The number of anilines is 2. The Balaban J connectivity index is 1.53. The SMILES string of the molecule is CCCCc1ccc(NC(=O)CS[C@@H]2CC(=O)N(c3ccc(C(=O)OC)cc3)C2=O)cc1. The van der Waals surface area contributed by atoms with E-state index in [0.717, 1.165) is 35.9 Å². The van der Waals surface area contributed by atoms with Crippen molar-refractivity contribution in [2.45, 2.75) is 37.9 Å². The van der Waals surface area contributed by atoms with E-state index in [-0.39, 0.29) is 29.9 Å². The van der Waals surface area contributed by atoms with Crippen molar-refractivity contribution < 1.29 is 23.9 Å². The minimum Gasteiger partial charge on any atom is -0.465 e. The van der Waals surface area contributed by atoms with Crippen molar-refractivity contribution in [2.24, 2.45) is 0 Å². The van der Waals surface area contributed by atoms with Gasteiger partial charge in [-0.2, -0.15) is 0 Å². The summed E-state index contributed by atoms with van der Waals surface area (Å²) in [6.45, 7) is 2.15. The Bertz CT molecular complexity index is 988. The number of thioether (sulfide) groups is 1. The molecule has 1 N–H and O–H groups in total. The lowest BCUT2D eigenvalue weighted by atomic mass is 10.1. The molecule has 2 aromatic rings. The van der Waals surface area contributed by atoms with E-state index in [9.17, 15) is 19.2 Å². The van der Waals surface area contributed by atoms with E-state index in [0.29, 0.717) is 16.9 Å². The monoisotopic (exact) mass is 454 g/mol. The van der Waals surface area contributed by atoms with E-state index >= 15 is 0 Å². The van der Waals surface area contributed by atoms with Crippen LogP contribution in [0.2, 0.25) is 0 Å². The van der Waals surface area contributed by atoms with Crippen LogP contribution in [0.4, 0.5) is 11.4 Å². The van der Waals surface area contributed by atoms with Crippen LogP contribution in [0.5, 0.6) is 0 Å². The van der Waals surface area contributed by atoms with Gasteiger partial charge in [-0.1, -0.05) is 25.5 Å². The Labute approximate surface area is 191 Å². The summed E-state index contributed by atoms with van der Waals surface area (Å²) in [7, 11) is 1.28. The Kier molecular flexibility index (Phi) is 8.05. The third-order valence-electron chi connectivity index (χ3n) is 5.12. The van der Waals surface area contributed by atoms with Gasteiger partial charge >= 0.3 is 5.97 Å². The lowest BCUT2D eigenvalue weighted by molar-refractivity contribution is -0.121. The second-order valence-electron chi connectivity index (χ2n) is 7.46. The molecular weight excluding hydrogens is 428 g/mol. The summed E-state index contributed by atoms with van der Waals surface area (Å²) in [5.74, 6) is -1.35. The number of imide groups is 1. The largest absolute Gasteiger partial charge is 0.465 e. The van der Waals surface area contributed by atoms with Gasteiger partial charge < -0.3 is 10.1 Å². The average Bonchev–Trinajstić information content (AvgIpc) is 3.09. The molecular formula is C24H26N2O5S. The molecule has 1 aliphatic heterocycles. The molecule has 3 rings (SSSR count). The summed E-state index contributed by atoms with van der Waals surface area (Å²) in [5, 5.41) is 2.21. The molecule has 1 heterocycles. The number of benzene rings is 2. The Morgan fingerprint density at radius 1 is 1.09 bits per heavy atom. The molecule has 1 aliphatic rings. The van der Waals surface area contributed by atoms with Crippen LogP contribution in [0.1, 0.15) is 42.1 Å². The van der Waals surface area contributed by atoms with Crippen LogP contribution in [0.15, 0.2) is 48.5 Å². The van der Waals surface area contributed by atoms with E-state index in [2.05, 4.69) is 17.0 Å². The summed E-state index contributed by atoms with van der Waals surface area (Å²) < 4.78 is 4.65. The van der Waals surface area contributed by atoms with E-state index in [1.807, 2.05) is 24.3 Å². The van der Waals surface area contributed by atoms with Crippen LogP contribution < -0.4 is 10.2 Å². The van der Waals surface area contributed by atoms with Gasteiger partial charge in [-0.25, -0.2) is 9.69 Å². The van der Waals surface area contributed by atoms with Gasteiger partial charge in [0.1, 0.15) is 0 Å². The third kappa shape index (κ3) is 5.76. The van der Waals surface area contributed by atoms with E-state index in [1.54, 1.807) is 0 Å². The predicted molar refractivity (Wildman–Crippen MR) is 125 cm³/mol. The van der Waals surface area contributed by atoms with Crippen LogP contribution in [0.25, 0.3) is 0 Å². The van der Waals surface area contributed by atoms with E-state index in [4.69, 9.17) is 0 Å². The highest BCUT2D eigenvalue weighted by Crippen LogP contribution is 2.30. The van der Waals surface area contributed by atoms with E-state index < -0.39 is 11.2 Å². The zero-order valence-electron chi connectivity index (χ0n) is 18.1. The van der Waals surface area contributed by atoms with Gasteiger partial charge in [-0.3, -0.25) is 14.4 Å². The van der Waals surface area contributed by atoms with Gasteiger partial charge in [0.2, 0.25) is 17.7 Å². The summed E-state index contributed by atoms with van der Waals surface area (Å²) >= 11 is 1.15. The van der Waals surface area contributed by atoms with Gasteiger partial charge in [-0.15, -0.1) is 11.8 Å². The number of rotatable bonds is 9. The first-order chi connectivity index (χ1) is 15.4. The number of carbonyl (C=O) groups excluding carboxylic acids is 4. The molecule has 32 heavy (non-hydrogen) atoms. The van der Waals surface area contributed by atoms with Gasteiger partial charge in [0.25, 0.3) is 0 Å². The number of esters is 1. The smallest absolute Gasteiger partial charge is 0.337 e. The van der Waals surface area contributed by atoms with Crippen LogP contribution in [-0.2, 0) is 25.5 Å². The maximum atomic E-state index is 12.7. The molecule has 2 aromatic carbocycles. The minimum atomic E-state index is -0.620. The molecule has 0 spiro atoms. The predicted octanol–water partition coefficient (Wildman–Crippen LogP) is 3.82. The van der Waals surface area contributed by atoms with Gasteiger partial charge in [0.05, 0.1) is 29.4 Å². The van der Waals surface area contributed by atoms with Crippen molar-refractivity contribution in [3.63, 3.8) is 0 Å². The molecule has 8 heteroatoms. The molecule has 0 unspecified atom stereocenters. The molecule has 0 aliphatic carbocycles. The third-order valence-corrected chi connectivity index (χ3v) is 6.32. The number of amides is 3. The zero-order valence-corrected chi connectivity index (χ0v) is 18.9. The second-order valence-corrected chi connectivity index (χ2v) is 8.65. The van der Waals surface area contributed by atoms with Crippen LogP contribution in [-0.4, -0.2) is 41.8 Å². The van der Waals surface area contributed by atoms with Gasteiger partial charge in [0.15, 0.2) is 0 Å². The van der Waals surface area contributed by atoms with Crippen molar-refractivity contribution in [2.75, 3.05) is 23.1 Å². The number of nitrogens with one attached hydrogen (secondary N) is 1. The maximum absolute atomic E-state index is 12.7. The first kappa shape index (κ1) is 23.5. The molecule has 0 aromatic heterocycles. The summed E-state index contributed by atoms with van der Waals surface area (Å²) in [6, 6.07) is 13.8. The number of unbranched alkanes of at least 4 members (excludes halogenated alkanes) is 1. The van der Waals surface area contributed by atoms with Gasteiger partial charge in [-0.05, 0) is 54.8 Å². The average molecular weight is 455 g/mol. The van der Waals surface area contributed by atoms with Crippen molar-refractivity contribution in [1.82, 2.24) is 0 Å². The van der Waals surface area contributed by atoms with Crippen LogP contribution >= 0.6 is 11.8 Å². The van der Waals surface area contributed by atoms with Crippen molar-refractivity contribution in [3.05, 3.63) is 59.7 Å². The summed E-state index contributed by atoms with van der Waals surface area (Å²) in [6.07, 6.45) is 3.30. The molecule has 1 saturated heterocycles. The van der Waals surface area contributed by atoms with Crippen molar-refractivity contribution in [3.8, 4) is 0 Å². The number of hydrogen-bond donors (Lipinski definition) is 1. The highest BCUT2D eigenvalue weighted by Gasteiger charge is 2.40. The van der Waals surface area contributed by atoms with Crippen LogP contribution in [0, 0.1) is 0 Å². The maximum Gasteiger partial charge on any atom is 0.337 e. The lowest BCUT2D eigenvalue weighted by Gasteiger charge is -2.15. The first-order valence-electron chi connectivity index (χ1n) is 10.5. The lowest BCUT2D eigenvalue weighted by Crippen LogP contribution is -2.31. The highest BCUT2D eigenvalue weighted by molar-refractivity contribution is 8.01. The number of aryl methyl sites for hydroxylation is 1. The number of ether oxygens (including phenoxy) is 1. The molecule has 1 atom stereocenters. The number of carbonyl (C=O) groups is 4. The molecule has 1 fully saturated rings. The Morgan fingerprint density at radius 2 is 1.78 bits per heavy atom. The first-order valence-corrected chi connectivity index (χ1v) is 11.5. The Hall–Kier alpha value is -3.13. The summed E-state index contributed by atoms with van der Waals surface area (Å²) in [4.78, 5) is 50.1. The van der Waals surface area contributed by atoms with Crippen LogP contribution in [0.3, 0.4) is 0 Å². The fourth-order valence-electron chi connectivity index (χ4n) is 3.38. The second kappa shape index (κ2) is 10.9. The molecule has 0 bridgehead atoms. The molecule has 0 radical (unpaired) electrons. The fraction of sp³-hybridized carbons (Fsp3) is 0.333. The number of methoxy groups -OCH3 is 1. The van der Waals surface area contributed by atoms with Crippen molar-refractivity contribution >= 4 is 46.8 Å². The van der Waals surface area contributed by atoms with E-state index in [1.165, 1.54) is 36.9 Å². The molecule has 168 valence electrons. The standard InChI is InChI=1S/C24H26N2O5S/c1-3-4-5-16-6-10-18(11-7-16)25-21(27)15-32-20-14-22(28)26(23(20)29)19-12-8-17(9-13-19)24(30)31-2/h6-13,20H,3-5,14-15H2,1-2H3,(H,25,27)/t20-/m1/s1. The molecule has 3 amide bonds. The Morgan fingerprint density at radius 3 is 2.41 bits per heavy atom. The zero-order chi connectivity index (χ0) is 23.1. The molecule has 0 saturated carbocycles. The highest BCUT2D eigenvalue weighted by atomic mass is 32.2. The molecule has 7 nitrogen and oxygen atoms in total. The number of hydrogen-bond acceptors (Lipinski definition) is 6. The topological polar surface area (TPSA) is 92.8 Å². The fourth-order valence-corrected chi connectivity index (χ4v) is 4.31. The van der Waals surface area contributed by atoms with Gasteiger partial charge in [0, 0.05) is 12.1 Å². The minimum absolute atomic E-state index is 0.0294. The summed E-state index contributed by atoms with van der Waals surface area (Å²) in [5.41, 5.74) is 2.66. The van der Waals surface area contributed by atoms with Crippen molar-refractivity contribution in [1.29, 1.82) is 0 Å². The normalized spacial score (nSPS) is 15.7. The number of nitrogens with zero attached hydrogens (tertiary/aromatic N) is 1. The quantitative estimate of drug-likeness (QED) is 0.457.